The number of piperidine rings is 1. The molecule has 0 amide bonds. The van der Waals surface area contributed by atoms with Crippen molar-refractivity contribution in [1.82, 2.24) is 15.3 Å². The third-order valence-corrected chi connectivity index (χ3v) is 5.13. The van der Waals surface area contributed by atoms with Crippen molar-refractivity contribution in [2.24, 2.45) is 5.92 Å². The Morgan fingerprint density at radius 1 is 1.32 bits per heavy atom. The predicted molar refractivity (Wildman–Crippen MR) is 102 cm³/mol. The summed E-state index contributed by atoms with van der Waals surface area (Å²) in [6.45, 7) is 11.1. The van der Waals surface area contributed by atoms with Crippen LogP contribution in [0.25, 0.3) is 0 Å². The fourth-order valence-electron chi connectivity index (χ4n) is 3.62. The smallest absolute Gasteiger partial charge is 0.320 e. The largest absolute Gasteiger partial charge is 0.463 e. The van der Waals surface area contributed by atoms with E-state index in [1.54, 1.807) is 0 Å². The Morgan fingerprint density at radius 2 is 2.12 bits per heavy atom. The molecule has 25 heavy (non-hydrogen) atoms. The highest BCUT2D eigenvalue weighted by Crippen LogP contribution is 2.32. The van der Waals surface area contributed by atoms with Crippen LogP contribution in [0.15, 0.2) is 12.2 Å². The topological polar surface area (TPSA) is 76.3 Å². The van der Waals surface area contributed by atoms with Crippen LogP contribution in [0.3, 0.4) is 0 Å². The summed E-state index contributed by atoms with van der Waals surface area (Å²) >= 11 is 0. The SMILES string of the molecule is C=C1Cc2c(N)nc(OCCCC)nc2N(CCC2CCNCC2)C1. The molecule has 138 valence electrons. The van der Waals surface area contributed by atoms with E-state index in [1.165, 1.54) is 24.8 Å². The number of rotatable bonds is 7. The number of anilines is 2. The maximum atomic E-state index is 6.20. The van der Waals surface area contributed by atoms with Crippen LogP contribution in [-0.4, -0.2) is 42.8 Å². The number of aromatic nitrogens is 2. The van der Waals surface area contributed by atoms with Crippen molar-refractivity contribution in [3.8, 4) is 6.01 Å². The van der Waals surface area contributed by atoms with Crippen LogP contribution in [0.1, 0.15) is 44.6 Å². The molecule has 6 nitrogen and oxygen atoms in total. The molecule has 0 saturated carbocycles. The molecule has 1 aromatic rings. The molecule has 1 aromatic heterocycles. The summed E-state index contributed by atoms with van der Waals surface area (Å²) in [7, 11) is 0. The van der Waals surface area contributed by atoms with Crippen molar-refractivity contribution in [1.29, 1.82) is 0 Å². The minimum atomic E-state index is 0.407. The molecule has 2 aliphatic rings. The van der Waals surface area contributed by atoms with Crippen LogP contribution in [0, 0.1) is 5.92 Å². The second-order valence-electron chi connectivity index (χ2n) is 7.23. The van der Waals surface area contributed by atoms with Crippen molar-refractivity contribution >= 4 is 11.6 Å². The van der Waals surface area contributed by atoms with Crippen LogP contribution in [0.2, 0.25) is 0 Å². The Labute approximate surface area is 150 Å². The lowest BCUT2D eigenvalue weighted by Gasteiger charge is -2.33. The molecule has 0 unspecified atom stereocenters. The van der Waals surface area contributed by atoms with Gasteiger partial charge in [-0.3, -0.25) is 0 Å². The first-order valence-corrected chi connectivity index (χ1v) is 9.59. The number of nitrogens with two attached hydrogens (primary N) is 1. The molecule has 3 N–H and O–H groups in total. The predicted octanol–water partition coefficient (Wildman–Crippen LogP) is 2.55. The lowest BCUT2D eigenvalue weighted by Crippen LogP contribution is -2.36. The van der Waals surface area contributed by atoms with Crippen molar-refractivity contribution in [2.75, 3.05) is 43.4 Å². The number of fused-ring (bicyclic) bond motifs is 1. The summed E-state index contributed by atoms with van der Waals surface area (Å²) in [5.41, 5.74) is 8.38. The highest BCUT2D eigenvalue weighted by Gasteiger charge is 2.25. The zero-order valence-electron chi connectivity index (χ0n) is 15.4. The quantitative estimate of drug-likeness (QED) is 0.584. The number of nitrogens with one attached hydrogen (secondary N) is 1. The molecule has 0 aliphatic carbocycles. The molecule has 0 radical (unpaired) electrons. The third-order valence-electron chi connectivity index (χ3n) is 5.13. The van der Waals surface area contributed by atoms with Gasteiger partial charge in [0.1, 0.15) is 11.6 Å². The Balaban J connectivity index is 1.73. The highest BCUT2D eigenvalue weighted by molar-refractivity contribution is 5.62. The van der Waals surface area contributed by atoms with Crippen molar-refractivity contribution < 1.29 is 4.74 Å². The van der Waals surface area contributed by atoms with E-state index >= 15 is 0 Å². The number of nitrogens with zero attached hydrogens (tertiary/aromatic N) is 3. The monoisotopic (exact) mass is 345 g/mol. The zero-order chi connectivity index (χ0) is 17.6. The van der Waals surface area contributed by atoms with Crippen molar-refractivity contribution in [3.05, 3.63) is 17.7 Å². The second-order valence-corrected chi connectivity index (χ2v) is 7.23. The molecule has 2 aliphatic heterocycles. The lowest BCUT2D eigenvalue weighted by molar-refractivity contribution is 0.285. The number of ether oxygens (including phenoxy) is 1. The van der Waals surface area contributed by atoms with Gasteiger partial charge in [0.25, 0.3) is 0 Å². The normalized spacial score (nSPS) is 18.3. The summed E-state index contributed by atoms with van der Waals surface area (Å²) in [6, 6.07) is 0.407. The minimum absolute atomic E-state index is 0.407. The summed E-state index contributed by atoms with van der Waals surface area (Å²) < 4.78 is 5.70. The fourth-order valence-corrected chi connectivity index (χ4v) is 3.62. The van der Waals surface area contributed by atoms with Gasteiger partial charge in [0, 0.05) is 25.1 Å². The van der Waals surface area contributed by atoms with Gasteiger partial charge in [-0.25, -0.2) is 0 Å². The first-order chi connectivity index (χ1) is 12.2. The second kappa shape index (κ2) is 8.52. The summed E-state index contributed by atoms with van der Waals surface area (Å²) in [4.78, 5) is 11.3. The summed E-state index contributed by atoms with van der Waals surface area (Å²) in [5, 5.41) is 3.43. The first kappa shape index (κ1) is 18.0. The van der Waals surface area contributed by atoms with E-state index in [0.717, 1.165) is 62.7 Å². The molecule has 0 aromatic carbocycles. The van der Waals surface area contributed by atoms with E-state index in [4.69, 9.17) is 10.5 Å². The molecule has 0 atom stereocenters. The Morgan fingerprint density at radius 3 is 2.88 bits per heavy atom. The van der Waals surface area contributed by atoms with Crippen molar-refractivity contribution in [2.45, 2.75) is 45.4 Å². The molecule has 6 heteroatoms. The maximum Gasteiger partial charge on any atom is 0.320 e. The van der Waals surface area contributed by atoms with Crippen LogP contribution in [0.4, 0.5) is 11.6 Å². The zero-order valence-corrected chi connectivity index (χ0v) is 15.4. The van der Waals surface area contributed by atoms with E-state index in [2.05, 4.69) is 33.7 Å². The number of hydrogen-bond donors (Lipinski definition) is 2. The van der Waals surface area contributed by atoms with E-state index in [1.807, 2.05) is 0 Å². The van der Waals surface area contributed by atoms with Gasteiger partial charge in [0.05, 0.1) is 6.61 Å². The molecule has 3 rings (SSSR count). The van der Waals surface area contributed by atoms with E-state index in [9.17, 15) is 0 Å². The summed E-state index contributed by atoms with van der Waals surface area (Å²) in [5.74, 6) is 2.27. The van der Waals surface area contributed by atoms with Gasteiger partial charge in [-0.1, -0.05) is 25.5 Å². The molecule has 1 saturated heterocycles. The number of unbranched alkanes of at least 4 members (excludes halogenated alkanes) is 1. The standard InChI is InChI=1S/C19H31N5O/c1-3-4-11-25-19-22-17(20)16-12-14(2)13-24(18(16)23-19)10-7-15-5-8-21-9-6-15/h15,21H,2-13H2,1H3,(H2,20,22,23). The fraction of sp³-hybridized carbons (Fsp3) is 0.684. The Hall–Kier alpha value is -1.82. The van der Waals surface area contributed by atoms with Gasteiger partial charge in [-0.15, -0.1) is 0 Å². The van der Waals surface area contributed by atoms with E-state index in [0.29, 0.717) is 18.4 Å². The van der Waals surface area contributed by atoms with Gasteiger partial charge in [0.2, 0.25) is 0 Å². The van der Waals surface area contributed by atoms with Crippen LogP contribution in [-0.2, 0) is 6.42 Å². The number of nitrogen functional groups attached to an aromatic ring is 1. The van der Waals surface area contributed by atoms with E-state index in [-0.39, 0.29) is 0 Å². The maximum absolute atomic E-state index is 6.20. The number of hydrogen-bond acceptors (Lipinski definition) is 6. The Bertz CT molecular complexity index is 598. The molecular weight excluding hydrogens is 314 g/mol. The minimum Gasteiger partial charge on any atom is -0.463 e. The first-order valence-electron chi connectivity index (χ1n) is 9.59. The average molecular weight is 345 g/mol. The molecule has 1 fully saturated rings. The Kier molecular flexibility index (Phi) is 6.13. The van der Waals surface area contributed by atoms with Gasteiger partial charge in [-0.2, -0.15) is 9.97 Å². The average Bonchev–Trinajstić information content (AvgIpc) is 2.62. The van der Waals surface area contributed by atoms with E-state index < -0.39 is 0 Å². The van der Waals surface area contributed by atoms with Gasteiger partial charge >= 0.3 is 6.01 Å². The van der Waals surface area contributed by atoms with Crippen LogP contribution >= 0.6 is 0 Å². The van der Waals surface area contributed by atoms with Crippen LogP contribution < -0.4 is 20.7 Å². The van der Waals surface area contributed by atoms with Crippen LogP contribution in [0.5, 0.6) is 6.01 Å². The lowest BCUT2D eigenvalue weighted by atomic mass is 9.93. The molecule has 0 bridgehead atoms. The molecular formula is C19H31N5O. The van der Waals surface area contributed by atoms with Gasteiger partial charge in [-0.05, 0) is 44.7 Å². The molecule has 3 heterocycles. The highest BCUT2D eigenvalue weighted by atomic mass is 16.5. The van der Waals surface area contributed by atoms with Gasteiger partial charge < -0.3 is 20.7 Å². The third kappa shape index (κ3) is 4.63. The summed E-state index contributed by atoms with van der Waals surface area (Å²) in [6.07, 6.45) is 6.56. The van der Waals surface area contributed by atoms with Crippen molar-refractivity contribution in [3.63, 3.8) is 0 Å². The van der Waals surface area contributed by atoms with Gasteiger partial charge in [0.15, 0.2) is 0 Å². The molecule has 0 spiro atoms.